The summed E-state index contributed by atoms with van der Waals surface area (Å²) in [4.78, 5) is 10.0. The molecule has 0 aliphatic carbocycles. The molecule has 0 amide bonds. The summed E-state index contributed by atoms with van der Waals surface area (Å²) in [5.74, 6) is -2.13. The molecule has 2 nitrogen and oxygen atoms in total. The monoisotopic (exact) mass is 171 g/mol. The van der Waals surface area contributed by atoms with Crippen LogP contribution < -0.4 is 5.73 Å². The van der Waals surface area contributed by atoms with Gasteiger partial charge in [0.05, 0.1) is 5.69 Å². The predicted octanol–water partition coefficient (Wildman–Crippen LogP) is 1.29. The third-order valence-electron chi connectivity index (χ3n) is 1.50. The molecule has 0 bridgehead atoms. The SMILES string of the molecule is Nc1ccc(CC=O)c(F)c1F. The van der Waals surface area contributed by atoms with E-state index in [2.05, 4.69) is 0 Å². The lowest BCUT2D eigenvalue weighted by Gasteiger charge is -2.01. The minimum Gasteiger partial charge on any atom is -0.396 e. The molecule has 12 heavy (non-hydrogen) atoms. The van der Waals surface area contributed by atoms with Crippen LogP contribution in [0.3, 0.4) is 0 Å². The molecular weight excluding hydrogens is 164 g/mol. The minimum absolute atomic E-state index is 0.0247. The zero-order valence-electron chi connectivity index (χ0n) is 6.18. The summed E-state index contributed by atoms with van der Waals surface area (Å²) in [6.07, 6.45) is 0.372. The maximum absolute atomic E-state index is 12.8. The number of carbonyl (C=O) groups is 1. The zero-order valence-corrected chi connectivity index (χ0v) is 6.18. The summed E-state index contributed by atoms with van der Waals surface area (Å²) in [6.45, 7) is 0. The fraction of sp³-hybridized carbons (Fsp3) is 0.125. The normalized spacial score (nSPS) is 9.83. The van der Waals surface area contributed by atoms with E-state index in [1.807, 2.05) is 0 Å². The van der Waals surface area contributed by atoms with Crippen LogP contribution in [-0.2, 0) is 11.2 Å². The summed E-state index contributed by atoms with van der Waals surface area (Å²) >= 11 is 0. The Balaban J connectivity index is 3.16. The van der Waals surface area contributed by atoms with Gasteiger partial charge < -0.3 is 10.5 Å². The van der Waals surface area contributed by atoms with E-state index in [0.29, 0.717) is 6.29 Å². The predicted molar refractivity (Wildman–Crippen MR) is 40.5 cm³/mol. The van der Waals surface area contributed by atoms with Gasteiger partial charge in [-0.1, -0.05) is 6.07 Å². The summed E-state index contributed by atoms with van der Waals surface area (Å²) in [5.41, 5.74) is 4.86. The summed E-state index contributed by atoms with van der Waals surface area (Å²) in [7, 11) is 0. The van der Waals surface area contributed by atoms with Gasteiger partial charge in [-0.2, -0.15) is 0 Å². The maximum Gasteiger partial charge on any atom is 0.181 e. The molecule has 0 radical (unpaired) electrons. The number of anilines is 1. The second-order valence-corrected chi connectivity index (χ2v) is 2.31. The van der Waals surface area contributed by atoms with E-state index in [4.69, 9.17) is 5.73 Å². The molecule has 0 aliphatic heterocycles. The molecule has 0 aliphatic rings. The van der Waals surface area contributed by atoms with E-state index in [9.17, 15) is 13.6 Å². The first-order chi connectivity index (χ1) is 5.66. The van der Waals surface area contributed by atoms with Crippen molar-refractivity contribution in [2.45, 2.75) is 6.42 Å². The van der Waals surface area contributed by atoms with Gasteiger partial charge >= 0.3 is 0 Å². The Labute approximate surface area is 68.0 Å². The van der Waals surface area contributed by atoms with E-state index in [0.717, 1.165) is 0 Å². The van der Waals surface area contributed by atoms with Crippen molar-refractivity contribution in [3.63, 3.8) is 0 Å². The van der Waals surface area contributed by atoms with Crippen LogP contribution in [0.4, 0.5) is 14.5 Å². The fourth-order valence-electron chi connectivity index (χ4n) is 0.852. The number of rotatable bonds is 2. The van der Waals surface area contributed by atoms with Gasteiger partial charge in [-0.05, 0) is 11.6 Å². The highest BCUT2D eigenvalue weighted by atomic mass is 19.2. The molecule has 0 fully saturated rings. The minimum atomic E-state index is -1.09. The number of nitrogens with two attached hydrogens (primary N) is 1. The van der Waals surface area contributed by atoms with Gasteiger partial charge in [0.1, 0.15) is 6.29 Å². The lowest BCUT2D eigenvalue weighted by atomic mass is 10.1. The summed E-state index contributed by atoms with van der Waals surface area (Å²) in [5, 5.41) is 0. The molecule has 0 heterocycles. The van der Waals surface area contributed by atoms with Gasteiger partial charge in [-0.25, -0.2) is 8.78 Å². The van der Waals surface area contributed by atoms with Crippen molar-refractivity contribution in [2.24, 2.45) is 0 Å². The van der Waals surface area contributed by atoms with Gasteiger partial charge in [0.25, 0.3) is 0 Å². The highest BCUT2D eigenvalue weighted by Gasteiger charge is 2.10. The number of aldehydes is 1. The molecule has 0 unspecified atom stereocenters. The molecule has 0 spiro atoms. The average molecular weight is 171 g/mol. The smallest absolute Gasteiger partial charge is 0.181 e. The third-order valence-corrected chi connectivity index (χ3v) is 1.50. The van der Waals surface area contributed by atoms with Crippen molar-refractivity contribution in [1.82, 2.24) is 0 Å². The van der Waals surface area contributed by atoms with Crippen LogP contribution in [0.5, 0.6) is 0 Å². The standard InChI is InChI=1S/C8H7F2NO/c9-7-5(3-4-12)1-2-6(11)8(7)10/h1-2,4H,3,11H2. The van der Waals surface area contributed by atoms with Crippen molar-refractivity contribution >= 4 is 12.0 Å². The Morgan fingerprint density at radius 2 is 2.00 bits per heavy atom. The molecule has 0 aromatic heterocycles. The molecular formula is C8H7F2NO. The molecule has 0 saturated carbocycles. The number of nitrogen functional groups attached to an aromatic ring is 1. The van der Waals surface area contributed by atoms with Crippen molar-refractivity contribution in [1.29, 1.82) is 0 Å². The number of hydrogen-bond donors (Lipinski definition) is 1. The Bertz CT molecular complexity index is 312. The van der Waals surface area contributed by atoms with Gasteiger partial charge in [0, 0.05) is 6.42 Å². The van der Waals surface area contributed by atoms with Crippen molar-refractivity contribution < 1.29 is 13.6 Å². The lowest BCUT2D eigenvalue weighted by molar-refractivity contribution is -0.107. The number of halogens is 2. The first kappa shape index (κ1) is 8.64. The summed E-state index contributed by atoms with van der Waals surface area (Å²) < 4.78 is 25.5. The van der Waals surface area contributed by atoms with Gasteiger partial charge in [0.15, 0.2) is 11.6 Å². The Kier molecular flexibility index (Phi) is 2.38. The second kappa shape index (κ2) is 3.30. The van der Waals surface area contributed by atoms with E-state index in [1.54, 1.807) is 0 Å². The van der Waals surface area contributed by atoms with E-state index >= 15 is 0 Å². The second-order valence-electron chi connectivity index (χ2n) is 2.31. The zero-order chi connectivity index (χ0) is 9.14. The topological polar surface area (TPSA) is 43.1 Å². The van der Waals surface area contributed by atoms with E-state index < -0.39 is 11.6 Å². The fourth-order valence-corrected chi connectivity index (χ4v) is 0.852. The molecule has 64 valence electrons. The molecule has 1 rings (SSSR count). The number of carbonyl (C=O) groups excluding carboxylic acids is 1. The first-order valence-electron chi connectivity index (χ1n) is 3.32. The van der Waals surface area contributed by atoms with Crippen LogP contribution in [0.25, 0.3) is 0 Å². The van der Waals surface area contributed by atoms with Crippen LogP contribution >= 0.6 is 0 Å². The molecule has 1 aromatic rings. The summed E-state index contributed by atoms with van der Waals surface area (Å²) in [6, 6.07) is 2.53. The Morgan fingerprint density at radius 3 is 2.58 bits per heavy atom. The van der Waals surface area contributed by atoms with Gasteiger partial charge in [-0.3, -0.25) is 0 Å². The maximum atomic E-state index is 12.8. The van der Waals surface area contributed by atoms with Gasteiger partial charge in [-0.15, -0.1) is 0 Å². The Hall–Kier alpha value is -1.45. The largest absolute Gasteiger partial charge is 0.396 e. The molecule has 0 atom stereocenters. The van der Waals surface area contributed by atoms with Crippen LogP contribution in [0.1, 0.15) is 5.56 Å². The lowest BCUT2D eigenvalue weighted by Crippen LogP contribution is -1.99. The van der Waals surface area contributed by atoms with Crippen LogP contribution in [0.15, 0.2) is 12.1 Å². The van der Waals surface area contributed by atoms with Crippen LogP contribution in [-0.4, -0.2) is 6.29 Å². The quantitative estimate of drug-likeness (QED) is 0.538. The van der Waals surface area contributed by atoms with Crippen molar-refractivity contribution in [3.8, 4) is 0 Å². The molecule has 4 heteroatoms. The molecule has 1 aromatic carbocycles. The number of hydrogen-bond acceptors (Lipinski definition) is 2. The van der Waals surface area contributed by atoms with E-state index in [1.165, 1.54) is 12.1 Å². The van der Waals surface area contributed by atoms with Crippen molar-refractivity contribution in [2.75, 3.05) is 5.73 Å². The molecule has 0 saturated heterocycles. The van der Waals surface area contributed by atoms with Gasteiger partial charge in [0.2, 0.25) is 0 Å². The third kappa shape index (κ3) is 1.42. The van der Waals surface area contributed by atoms with Crippen LogP contribution in [0, 0.1) is 11.6 Å². The van der Waals surface area contributed by atoms with Crippen molar-refractivity contribution in [3.05, 3.63) is 29.3 Å². The van der Waals surface area contributed by atoms with E-state index in [-0.39, 0.29) is 17.7 Å². The first-order valence-corrected chi connectivity index (χ1v) is 3.32. The highest BCUT2D eigenvalue weighted by molar-refractivity contribution is 5.56. The van der Waals surface area contributed by atoms with Crippen LogP contribution in [0.2, 0.25) is 0 Å². The number of benzene rings is 1. The highest BCUT2D eigenvalue weighted by Crippen LogP contribution is 2.17. The average Bonchev–Trinajstić information content (AvgIpc) is 2.07. The molecule has 2 N–H and O–H groups in total. The Morgan fingerprint density at radius 1 is 1.33 bits per heavy atom.